The summed E-state index contributed by atoms with van der Waals surface area (Å²) in [5.41, 5.74) is 1.39. The molecule has 0 bridgehead atoms. The lowest BCUT2D eigenvalue weighted by Crippen LogP contribution is -2.41. The number of hydrogen-bond donors (Lipinski definition) is 3. The molecule has 1 atom stereocenters. The number of carboxylic acids is 1. The highest BCUT2D eigenvalue weighted by Gasteiger charge is 2.20. The Morgan fingerprint density at radius 2 is 1.91 bits per heavy atom. The van der Waals surface area contributed by atoms with E-state index in [1.807, 2.05) is 19.9 Å². The molecule has 126 valence electrons. The Kier molecular flexibility index (Phi) is 7.25. The summed E-state index contributed by atoms with van der Waals surface area (Å²) >= 11 is 0. The summed E-state index contributed by atoms with van der Waals surface area (Å²) in [7, 11) is 1.56. The lowest BCUT2D eigenvalue weighted by molar-refractivity contribution is -0.142. The number of carboxylic acid groups (broad SMARTS) is 1. The van der Waals surface area contributed by atoms with Crippen molar-refractivity contribution < 1.29 is 19.5 Å². The predicted molar refractivity (Wildman–Crippen MR) is 87.2 cm³/mol. The second-order valence-corrected chi connectivity index (χ2v) is 5.87. The van der Waals surface area contributed by atoms with E-state index < -0.39 is 12.0 Å². The topological polar surface area (TPSA) is 95.5 Å². The summed E-state index contributed by atoms with van der Waals surface area (Å²) in [5.74, 6) is -1.32. The van der Waals surface area contributed by atoms with E-state index >= 15 is 0 Å². The molecular formula is C17H24N2O4. The Balaban J connectivity index is 2.58. The van der Waals surface area contributed by atoms with Crippen LogP contribution in [0.25, 0.3) is 0 Å². The van der Waals surface area contributed by atoms with Crippen LogP contribution < -0.4 is 10.6 Å². The highest BCUT2D eigenvalue weighted by molar-refractivity contribution is 5.94. The average molecular weight is 320 g/mol. The SMILES string of the molecule is CNC(=O)c1cccc(CCC(=O)N[C@H](CC(C)C)C(=O)O)c1. The molecule has 0 heterocycles. The van der Waals surface area contributed by atoms with E-state index in [1.165, 1.54) is 0 Å². The summed E-state index contributed by atoms with van der Waals surface area (Å²) in [6.07, 6.45) is 1.02. The fourth-order valence-electron chi connectivity index (χ4n) is 2.23. The van der Waals surface area contributed by atoms with Gasteiger partial charge in [0.05, 0.1) is 0 Å². The lowest BCUT2D eigenvalue weighted by atomic mass is 10.0. The largest absolute Gasteiger partial charge is 0.480 e. The molecule has 0 aromatic heterocycles. The maximum Gasteiger partial charge on any atom is 0.326 e. The average Bonchev–Trinajstić information content (AvgIpc) is 2.51. The third-order valence-corrected chi connectivity index (χ3v) is 3.40. The molecule has 0 aliphatic heterocycles. The van der Waals surface area contributed by atoms with E-state index in [4.69, 9.17) is 5.11 Å². The Morgan fingerprint density at radius 3 is 2.48 bits per heavy atom. The number of amides is 2. The van der Waals surface area contributed by atoms with Crippen LogP contribution in [0, 0.1) is 5.92 Å². The van der Waals surface area contributed by atoms with Crippen LogP contribution in [0.1, 0.15) is 42.6 Å². The van der Waals surface area contributed by atoms with Gasteiger partial charge < -0.3 is 15.7 Å². The van der Waals surface area contributed by atoms with Crippen molar-refractivity contribution in [1.82, 2.24) is 10.6 Å². The number of rotatable bonds is 8. The first-order chi connectivity index (χ1) is 10.8. The van der Waals surface area contributed by atoms with Crippen LogP contribution in [0.4, 0.5) is 0 Å². The normalized spacial score (nSPS) is 11.8. The first kappa shape index (κ1) is 18.7. The molecule has 0 unspecified atom stereocenters. The number of carbonyl (C=O) groups excluding carboxylic acids is 2. The summed E-state index contributed by atoms with van der Waals surface area (Å²) in [6.45, 7) is 3.82. The van der Waals surface area contributed by atoms with Crippen molar-refractivity contribution in [2.75, 3.05) is 7.05 Å². The number of hydrogen-bond acceptors (Lipinski definition) is 3. The molecule has 0 fully saturated rings. The second-order valence-electron chi connectivity index (χ2n) is 5.87. The Morgan fingerprint density at radius 1 is 1.22 bits per heavy atom. The highest BCUT2D eigenvalue weighted by Crippen LogP contribution is 2.09. The van der Waals surface area contributed by atoms with Crippen molar-refractivity contribution in [1.29, 1.82) is 0 Å². The summed E-state index contributed by atoms with van der Waals surface area (Å²) < 4.78 is 0. The minimum atomic E-state index is -1.02. The molecule has 1 rings (SSSR count). The van der Waals surface area contributed by atoms with E-state index in [1.54, 1.807) is 25.2 Å². The van der Waals surface area contributed by atoms with Crippen molar-refractivity contribution in [3.05, 3.63) is 35.4 Å². The van der Waals surface area contributed by atoms with Gasteiger partial charge in [-0.1, -0.05) is 26.0 Å². The van der Waals surface area contributed by atoms with Crippen molar-refractivity contribution >= 4 is 17.8 Å². The van der Waals surface area contributed by atoms with Gasteiger partial charge in [0.1, 0.15) is 6.04 Å². The minimum absolute atomic E-state index is 0.180. The molecule has 0 radical (unpaired) electrons. The van der Waals surface area contributed by atoms with Gasteiger partial charge in [-0.25, -0.2) is 4.79 Å². The summed E-state index contributed by atoms with van der Waals surface area (Å²) in [6, 6.07) is 6.17. The third kappa shape index (κ3) is 6.50. The van der Waals surface area contributed by atoms with Gasteiger partial charge in [-0.15, -0.1) is 0 Å². The summed E-state index contributed by atoms with van der Waals surface area (Å²) in [4.78, 5) is 34.6. The molecule has 0 saturated carbocycles. The zero-order valence-corrected chi connectivity index (χ0v) is 13.8. The van der Waals surface area contributed by atoms with Crippen molar-refractivity contribution in [3.63, 3.8) is 0 Å². The number of aryl methyl sites for hydroxylation is 1. The van der Waals surface area contributed by atoms with Gasteiger partial charge in [0.2, 0.25) is 5.91 Å². The van der Waals surface area contributed by atoms with Crippen molar-refractivity contribution in [2.45, 2.75) is 39.2 Å². The third-order valence-electron chi connectivity index (χ3n) is 3.40. The van der Waals surface area contributed by atoms with Crippen LogP contribution in [-0.4, -0.2) is 36.0 Å². The first-order valence-corrected chi connectivity index (χ1v) is 7.66. The van der Waals surface area contributed by atoms with Crippen molar-refractivity contribution in [2.24, 2.45) is 5.92 Å². The molecule has 0 aliphatic rings. The van der Waals surface area contributed by atoms with E-state index in [-0.39, 0.29) is 24.2 Å². The lowest BCUT2D eigenvalue weighted by Gasteiger charge is -2.16. The van der Waals surface area contributed by atoms with E-state index in [2.05, 4.69) is 10.6 Å². The van der Waals surface area contributed by atoms with E-state index in [0.717, 1.165) is 5.56 Å². The van der Waals surface area contributed by atoms with E-state index in [0.29, 0.717) is 18.4 Å². The maximum absolute atomic E-state index is 11.9. The second kappa shape index (κ2) is 8.92. The molecule has 23 heavy (non-hydrogen) atoms. The van der Waals surface area contributed by atoms with Crippen molar-refractivity contribution in [3.8, 4) is 0 Å². The standard InChI is InChI=1S/C17H24N2O4/c1-11(2)9-14(17(22)23)19-15(20)8-7-12-5-4-6-13(10-12)16(21)18-3/h4-6,10-11,14H,7-9H2,1-3H3,(H,18,21)(H,19,20)(H,22,23)/t14-/m1/s1. The molecule has 2 amide bonds. The number of aliphatic carboxylic acids is 1. The summed E-state index contributed by atoms with van der Waals surface area (Å²) in [5, 5.41) is 14.2. The molecule has 1 aromatic rings. The zero-order chi connectivity index (χ0) is 17.4. The molecule has 0 aliphatic carbocycles. The van der Waals surface area contributed by atoms with E-state index in [9.17, 15) is 14.4 Å². The zero-order valence-electron chi connectivity index (χ0n) is 13.8. The molecule has 0 saturated heterocycles. The fourth-order valence-corrected chi connectivity index (χ4v) is 2.23. The maximum atomic E-state index is 11.9. The first-order valence-electron chi connectivity index (χ1n) is 7.66. The van der Waals surface area contributed by atoms with Crippen LogP contribution in [-0.2, 0) is 16.0 Å². The van der Waals surface area contributed by atoms with Crippen LogP contribution in [0.3, 0.4) is 0 Å². The highest BCUT2D eigenvalue weighted by atomic mass is 16.4. The van der Waals surface area contributed by atoms with Gasteiger partial charge in [0.25, 0.3) is 5.91 Å². The smallest absolute Gasteiger partial charge is 0.326 e. The Labute approximate surface area is 136 Å². The molecule has 6 nitrogen and oxygen atoms in total. The number of nitrogens with one attached hydrogen (secondary N) is 2. The Hall–Kier alpha value is -2.37. The molecule has 0 spiro atoms. The Bertz CT molecular complexity index is 569. The number of carbonyl (C=O) groups is 3. The van der Waals surface area contributed by atoms with Crippen LogP contribution in [0.15, 0.2) is 24.3 Å². The molecule has 1 aromatic carbocycles. The van der Waals surface area contributed by atoms with Gasteiger partial charge in [-0.2, -0.15) is 0 Å². The molecule has 3 N–H and O–H groups in total. The quantitative estimate of drug-likeness (QED) is 0.678. The van der Waals surface area contributed by atoms with Gasteiger partial charge in [0, 0.05) is 19.0 Å². The van der Waals surface area contributed by atoms with Crippen LogP contribution in [0.5, 0.6) is 0 Å². The predicted octanol–water partition coefficient (Wildman–Crippen LogP) is 1.59. The van der Waals surface area contributed by atoms with Gasteiger partial charge in [-0.3, -0.25) is 9.59 Å². The van der Waals surface area contributed by atoms with Crippen LogP contribution in [0.2, 0.25) is 0 Å². The monoisotopic (exact) mass is 320 g/mol. The van der Waals surface area contributed by atoms with Crippen LogP contribution >= 0.6 is 0 Å². The van der Waals surface area contributed by atoms with Gasteiger partial charge in [-0.05, 0) is 36.5 Å². The minimum Gasteiger partial charge on any atom is -0.480 e. The molecular weight excluding hydrogens is 296 g/mol. The molecule has 6 heteroatoms. The van der Waals surface area contributed by atoms with Gasteiger partial charge in [0.15, 0.2) is 0 Å². The number of benzene rings is 1. The fraction of sp³-hybridized carbons (Fsp3) is 0.471. The van der Waals surface area contributed by atoms with Gasteiger partial charge >= 0.3 is 5.97 Å².